The smallest absolute Gasteiger partial charge is 0.336 e. The van der Waals surface area contributed by atoms with Gasteiger partial charge in [-0.05, 0) is 32.6 Å². The molecule has 0 saturated carbocycles. The molecular weight excluding hydrogens is 394 g/mol. The zero-order valence-electron chi connectivity index (χ0n) is 19.1. The maximum absolute atomic E-state index is 6.04. The van der Waals surface area contributed by atoms with Crippen LogP contribution in [0, 0.1) is 5.41 Å². The summed E-state index contributed by atoms with van der Waals surface area (Å²) in [6.07, 6.45) is 6.02. The lowest BCUT2D eigenvalue weighted by molar-refractivity contribution is 0.141. The largest absolute Gasteiger partial charge is 0.491 e. The highest BCUT2D eigenvalue weighted by molar-refractivity contribution is 5.59. The molecule has 3 heterocycles. The summed E-state index contributed by atoms with van der Waals surface area (Å²) in [5, 5.41) is 4.45. The summed E-state index contributed by atoms with van der Waals surface area (Å²) in [4.78, 5) is 15.2. The minimum atomic E-state index is 0.0508. The van der Waals surface area contributed by atoms with E-state index in [1.807, 2.05) is 12.1 Å². The highest BCUT2D eigenvalue weighted by atomic mass is 16.5. The van der Waals surface area contributed by atoms with Crippen LogP contribution < -0.4 is 15.2 Å². The Morgan fingerprint density at radius 3 is 2.61 bits per heavy atom. The molecule has 0 saturated heterocycles. The van der Waals surface area contributed by atoms with E-state index in [4.69, 9.17) is 15.2 Å². The standard InChI is InChI=1S/C22H33N7O2/c1-6-7-10-30-21-26-19(23)20-25-12-17(29(20)27-21)11-16-8-9-18(13-24-16)31-15-22(2,3)14-28(4)5/h8-9,12-13H,6-7,10-11,14-15H2,1-5H3,(H2,23,26,27). The Kier molecular flexibility index (Phi) is 7.27. The fraction of sp³-hybridized carbons (Fsp3) is 0.545. The lowest BCUT2D eigenvalue weighted by Gasteiger charge is -2.28. The van der Waals surface area contributed by atoms with Crippen LogP contribution in [-0.4, -0.2) is 63.3 Å². The number of ether oxygens (including phenoxy) is 2. The zero-order chi connectivity index (χ0) is 22.4. The van der Waals surface area contributed by atoms with Gasteiger partial charge in [-0.1, -0.05) is 27.2 Å². The zero-order valence-corrected chi connectivity index (χ0v) is 19.1. The van der Waals surface area contributed by atoms with E-state index >= 15 is 0 Å². The number of nitrogens with zero attached hydrogens (tertiary/aromatic N) is 6. The molecule has 0 aliphatic rings. The third-order valence-electron chi connectivity index (χ3n) is 4.70. The van der Waals surface area contributed by atoms with E-state index < -0.39 is 0 Å². The topological polar surface area (TPSA) is 104 Å². The van der Waals surface area contributed by atoms with Crippen LogP contribution in [-0.2, 0) is 6.42 Å². The van der Waals surface area contributed by atoms with Crippen LogP contribution in [0.4, 0.5) is 5.82 Å². The monoisotopic (exact) mass is 427 g/mol. The second kappa shape index (κ2) is 9.91. The van der Waals surface area contributed by atoms with Crippen LogP contribution >= 0.6 is 0 Å². The number of unbranched alkanes of at least 4 members (excludes halogenated alkanes) is 1. The summed E-state index contributed by atoms with van der Waals surface area (Å²) in [6, 6.07) is 4.16. The van der Waals surface area contributed by atoms with E-state index in [0.717, 1.165) is 36.5 Å². The molecule has 0 amide bonds. The number of hydrogen-bond donors (Lipinski definition) is 1. The van der Waals surface area contributed by atoms with Gasteiger partial charge in [0.1, 0.15) is 5.75 Å². The van der Waals surface area contributed by atoms with Crippen molar-refractivity contribution in [1.82, 2.24) is 29.5 Å². The minimum absolute atomic E-state index is 0.0508. The minimum Gasteiger partial charge on any atom is -0.491 e. The number of nitrogen functional groups attached to an aromatic ring is 1. The molecule has 168 valence electrons. The Hall–Kier alpha value is -2.94. The molecule has 0 aliphatic heterocycles. The summed E-state index contributed by atoms with van der Waals surface area (Å²) in [5.41, 5.74) is 8.34. The number of fused-ring (bicyclic) bond motifs is 1. The predicted molar refractivity (Wildman–Crippen MR) is 120 cm³/mol. The summed E-state index contributed by atoms with van der Waals surface area (Å²) in [7, 11) is 4.13. The molecule has 0 unspecified atom stereocenters. The second-order valence-electron chi connectivity index (χ2n) is 8.82. The van der Waals surface area contributed by atoms with Gasteiger partial charge in [0.25, 0.3) is 0 Å². The van der Waals surface area contributed by atoms with Crippen LogP contribution in [0.2, 0.25) is 0 Å². The summed E-state index contributed by atoms with van der Waals surface area (Å²) in [6.45, 7) is 8.60. The first kappa shape index (κ1) is 22.7. The fourth-order valence-corrected chi connectivity index (χ4v) is 3.38. The quantitative estimate of drug-likeness (QED) is 0.466. The molecule has 3 aromatic heterocycles. The van der Waals surface area contributed by atoms with E-state index in [2.05, 4.69) is 59.8 Å². The number of anilines is 1. The highest BCUT2D eigenvalue weighted by Crippen LogP contribution is 2.20. The third kappa shape index (κ3) is 6.27. The van der Waals surface area contributed by atoms with Gasteiger partial charge in [-0.25, -0.2) is 9.50 Å². The highest BCUT2D eigenvalue weighted by Gasteiger charge is 2.20. The van der Waals surface area contributed by atoms with Crippen LogP contribution in [0.5, 0.6) is 11.8 Å². The maximum atomic E-state index is 6.04. The van der Waals surface area contributed by atoms with E-state index in [0.29, 0.717) is 31.1 Å². The van der Waals surface area contributed by atoms with Gasteiger partial charge in [0.15, 0.2) is 11.5 Å². The van der Waals surface area contributed by atoms with Gasteiger partial charge in [0, 0.05) is 24.1 Å². The Morgan fingerprint density at radius 2 is 1.94 bits per heavy atom. The summed E-state index contributed by atoms with van der Waals surface area (Å²) in [5.74, 6) is 1.05. The Morgan fingerprint density at radius 1 is 1.13 bits per heavy atom. The lowest BCUT2D eigenvalue weighted by Crippen LogP contribution is -2.33. The van der Waals surface area contributed by atoms with Crippen molar-refractivity contribution in [2.75, 3.05) is 39.6 Å². The van der Waals surface area contributed by atoms with Gasteiger partial charge in [-0.3, -0.25) is 4.98 Å². The Bertz CT molecular complexity index is 983. The molecule has 0 spiro atoms. The molecule has 0 aliphatic carbocycles. The number of nitrogens with two attached hydrogens (primary N) is 1. The first-order valence-corrected chi connectivity index (χ1v) is 10.6. The van der Waals surface area contributed by atoms with Gasteiger partial charge < -0.3 is 20.1 Å². The van der Waals surface area contributed by atoms with Gasteiger partial charge in [-0.15, -0.1) is 5.10 Å². The van der Waals surface area contributed by atoms with Crippen molar-refractivity contribution in [2.45, 2.75) is 40.0 Å². The van der Waals surface area contributed by atoms with Crippen molar-refractivity contribution in [3.05, 3.63) is 35.9 Å². The molecule has 0 aromatic carbocycles. The van der Waals surface area contributed by atoms with Crippen molar-refractivity contribution in [1.29, 1.82) is 0 Å². The number of hydrogen-bond acceptors (Lipinski definition) is 8. The van der Waals surface area contributed by atoms with Crippen molar-refractivity contribution in [2.24, 2.45) is 5.41 Å². The molecule has 0 atom stereocenters. The maximum Gasteiger partial charge on any atom is 0.336 e. The average molecular weight is 428 g/mol. The first-order valence-electron chi connectivity index (χ1n) is 10.6. The van der Waals surface area contributed by atoms with Crippen molar-refractivity contribution >= 4 is 11.5 Å². The van der Waals surface area contributed by atoms with E-state index in [1.165, 1.54) is 0 Å². The van der Waals surface area contributed by atoms with E-state index in [-0.39, 0.29) is 11.4 Å². The molecule has 0 bridgehead atoms. The van der Waals surface area contributed by atoms with E-state index in [1.54, 1.807) is 16.9 Å². The summed E-state index contributed by atoms with van der Waals surface area (Å²) < 4.78 is 13.2. The number of rotatable bonds is 11. The second-order valence-corrected chi connectivity index (χ2v) is 8.82. The lowest BCUT2D eigenvalue weighted by atomic mass is 9.94. The van der Waals surface area contributed by atoms with Crippen LogP contribution in [0.25, 0.3) is 5.65 Å². The molecule has 31 heavy (non-hydrogen) atoms. The Labute approximate surface area is 183 Å². The number of pyridine rings is 1. The van der Waals surface area contributed by atoms with E-state index in [9.17, 15) is 0 Å². The molecule has 9 nitrogen and oxygen atoms in total. The van der Waals surface area contributed by atoms with Gasteiger partial charge in [0.2, 0.25) is 0 Å². The molecular formula is C22H33N7O2. The molecule has 0 fully saturated rings. The molecule has 0 radical (unpaired) electrons. The number of aromatic nitrogens is 5. The van der Waals surface area contributed by atoms with Crippen molar-refractivity contribution in [3.63, 3.8) is 0 Å². The van der Waals surface area contributed by atoms with Gasteiger partial charge in [-0.2, -0.15) is 4.98 Å². The SMILES string of the molecule is CCCCOc1nc(N)c2ncc(Cc3ccc(OCC(C)(C)CN(C)C)cn3)n2n1. The van der Waals surface area contributed by atoms with Crippen molar-refractivity contribution < 1.29 is 9.47 Å². The average Bonchev–Trinajstić information content (AvgIpc) is 3.10. The Balaban J connectivity index is 1.68. The number of imidazole rings is 1. The fourth-order valence-electron chi connectivity index (χ4n) is 3.38. The van der Waals surface area contributed by atoms with Crippen LogP contribution in [0.15, 0.2) is 24.5 Å². The van der Waals surface area contributed by atoms with Crippen LogP contribution in [0.3, 0.4) is 0 Å². The summed E-state index contributed by atoms with van der Waals surface area (Å²) >= 11 is 0. The predicted octanol–water partition coefficient (Wildman–Crippen LogP) is 2.84. The molecule has 3 rings (SSSR count). The molecule has 2 N–H and O–H groups in total. The van der Waals surface area contributed by atoms with Crippen molar-refractivity contribution in [3.8, 4) is 11.8 Å². The normalized spacial score (nSPS) is 11.9. The molecule has 9 heteroatoms. The first-order chi connectivity index (χ1) is 14.8. The van der Waals surface area contributed by atoms with Gasteiger partial charge >= 0.3 is 6.01 Å². The van der Waals surface area contributed by atoms with Gasteiger partial charge in [0.05, 0.1) is 31.3 Å². The third-order valence-corrected chi connectivity index (χ3v) is 4.70. The van der Waals surface area contributed by atoms with Crippen LogP contribution in [0.1, 0.15) is 45.0 Å². The molecule has 3 aromatic rings.